The van der Waals surface area contributed by atoms with Gasteiger partial charge in [0.2, 0.25) is 0 Å². The zero-order valence-corrected chi connectivity index (χ0v) is 14.4. The Kier molecular flexibility index (Phi) is 5.44. The van der Waals surface area contributed by atoms with E-state index in [4.69, 9.17) is 14.6 Å². The number of carboxylic acid groups (broad SMARTS) is 1. The van der Waals surface area contributed by atoms with E-state index >= 15 is 0 Å². The van der Waals surface area contributed by atoms with Crippen molar-refractivity contribution >= 4 is 22.4 Å². The first kappa shape index (κ1) is 17.1. The highest BCUT2D eigenvalue weighted by Gasteiger charge is 2.14. The van der Waals surface area contributed by atoms with E-state index in [9.17, 15) is 4.79 Å². The third-order valence-corrected chi connectivity index (χ3v) is 4.13. The van der Waals surface area contributed by atoms with Gasteiger partial charge in [-0.2, -0.15) is 0 Å². The molecule has 1 aromatic heterocycles. The molecule has 2 N–H and O–H groups in total. The first-order chi connectivity index (χ1) is 10.9. The van der Waals surface area contributed by atoms with Crippen LogP contribution >= 0.6 is 11.3 Å². The van der Waals surface area contributed by atoms with E-state index in [0.29, 0.717) is 28.9 Å². The normalized spacial score (nSPS) is 10.7. The molecule has 2 rings (SSSR count). The third-order valence-electron chi connectivity index (χ3n) is 3.03. The number of aryl methyl sites for hydroxylation is 1. The van der Waals surface area contributed by atoms with Gasteiger partial charge in [0.25, 0.3) is 0 Å². The standard InChI is InChI=1S/C16H20N2O4S/c1-9(2)22-12-6-5-11(7-13(12)21-4)8-17-16-18-10(3)14(23-16)15(19)20/h5-7,9H,8H2,1-4H3,(H,17,18)(H,19,20). The SMILES string of the molecule is COc1cc(CNc2nc(C)c(C(=O)O)s2)ccc1OC(C)C. The van der Waals surface area contributed by atoms with Gasteiger partial charge in [-0.3, -0.25) is 0 Å². The van der Waals surface area contributed by atoms with Gasteiger partial charge in [-0.25, -0.2) is 9.78 Å². The molecule has 0 aliphatic carbocycles. The molecule has 0 saturated heterocycles. The number of carbonyl (C=O) groups is 1. The summed E-state index contributed by atoms with van der Waals surface area (Å²) < 4.78 is 11.0. The average molecular weight is 336 g/mol. The molecule has 0 aliphatic heterocycles. The number of nitrogens with zero attached hydrogens (tertiary/aromatic N) is 1. The second-order valence-electron chi connectivity index (χ2n) is 5.24. The summed E-state index contributed by atoms with van der Waals surface area (Å²) in [5.74, 6) is 0.411. The van der Waals surface area contributed by atoms with Crippen LogP contribution < -0.4 is 14.8 Å². The Balaban J connectivity index is 2.08. The van der Waals surface area contributed by atoms with Gasteiger partial charge in [0.15, 0.2) is 16.6 Å². The van der Waals surface area contributed by atoms with Crippen molar-refractivity contribution in [1.29, 1.82) is 0 Å². The highest BCUT2D eigenvalue weighted by atomic mass is 32.1. The molecule has 0 bridgehead atoms. The van der Waals surface area contributed by atoms with Gasteiger partial charge in [-0.15, -0.1) is 0 Å². The molecule has 0 saturated carbocycles. The van der Waals surface area contributed by atoms with Gasteiger partial charge >= 0.3 is 5.97 Å². The molecule has 1 aromatic carbocycles. The highest BCUT2D eigenvalue weighted by Crippen LogP contribution is 2.29. The van der Waals surface area contributed by atoms with Crippen LogP contribution in [0.4, 0.5) is 5.13 Å². The van der Waals surface area contributed by atoms with Crippen LogP contribution in [0, 0.1) is 6.92 Å². The number of methoxy groups -OCH3 is 1. The smallest absolute Gasteiger partial charge is 0.347 e. The average Bonchev–Trinajstić information content (AvgIpc) is 2.87. The Hall–Kier alpha value is -2.28. The second kappa shape index (κ2) is 7.32. The lowest BCUT2D eigenvalue weighted by atomic mass is 10.2. The Labute approximate surface area is 139 Å². The molecule has 7 heteroatoms. The molecule has 6 nitrogen and oxygen atoms in total. The van der Waals surface area contributed by atoms with Gasteiger partial charge in [0.1, 0.15) is 4.88 Å². The molecule has 0 amide bonds. The molecule has 0 fully saturated rings. The summed E-state index contributed by atoms with van der Waals surface area (Å²) in [5, 5.41) is 12.8. The van der Waals surface area contributed by atoms with Crippen molar-refractivity contribution < 1.29 is 19.4 Å². The number of hydrogen-bond donors (Lipinski definition) is 2. The van der Waals surface area contributed by atoms with Crippen molar-refractivity contribution in [2.75, 3.05) is 12.4 Å². The highest BCUT2D eigenvalue weighted by molar-refractivity contribution is 7.17. The third kappa shape index (κ3) is 4.35. The molecule has 0 atom stereocenters. The molecule has 0 aliphatic rings. The van der Waals surface area contributed by atoms with Crippen LogP contribution in [0.25, 0.3) is 0 Å². The molecule has 0 unspecified atom stereocenters. The number of thiazole rings is 1. The van der Waals surface area contributed by atoms with Crippen molar-refractivity contribution in [3.8, 4) is 11.5 Å². The molecule has 0 spiro atoms. The van der Waals surface area contributed by atoms with Crippen LogP contribution in [0.2, 0.25) is 0 Å². The number of rotatable bonds is 7. The predicted octanol–water partition coefficient (Wildman–Crippen LogP) is 3.56. The minimum atomic E-state index is -0.954. The van der Waals surface area contributed by atoms with Gasteiger partial charge in [-0.1, -0.05) is 17.4 Å². The van der Waals surface area contributed by atoms with Gasteiger partial charge in [0, 0.05) is 6.54 Å². The lowest BCUT2D eigenvalue weighted by molar-refractivity contribution is 0.0701. The van der Waals surface area contributed by atoms with E-state index in [1.165, 1.54) is 0 Å². The summed E-state index contributed by atoms with van der Waals surface area (Å²) in [7, 11) is 1.60. The maximum atomic E-state index is 11.0. The van der Waals surface area contributed by atoms with Crippen molar-refractivity contribution in [3.63, 3.8) is 0 Å². The van der Waals surface area contributed by atoms with E-state index in [1.807, 2.05) is 32.0 Å². The summed E-state index contributed by atoms with van der Waals surface area (Å²) in [6, 6.07) is 5.70. The van der Waals surface area contributed by atoms with Crippen molar-refractivity contribution in [3.05, 3.63) is 34.3 Å². The van der Waals surface area contributed by atoms with E-state index in [2.05, 4.69) is 10.3 Å². The number of nitrogens with one attached hydrogen (secondary N) is 1. The summed E-state index contributed by atoms with van der Waals surface area (Å²) in [6.45, 7) is 6.12. The molecule has 0 radical (unpaired) electrons. The Bertz CT molecular complexity index is 697. The molecular formula is C16H20N2O4S. The number of anilines is 1. The van der Waals surface area contributed by atoms with E-state index < -0.39 is 5.97 Å². The summed E-state index contributed by atoms with van der Waals surface area (Å²) in [6.07, 6.45) is 0.0700. The first-order valence-electron chi connectivity index (χ1n) is 7.19. The summed E-state index contributed by atoms with van der Waals surface area (Å²) >= 11 is 1.13. The molecule has 2 aromatic rings. The van der Waals surface area contributed by atoms with Gasteiger partial charge in [-0.05, 0) is 38.5 Å². The van der Waals surface area contributed by atoms with E-state index in [0.717, 1.165) is 16.9 Å². The fourth-order valence-electron chi connectivity index (χ4n) is 2.02. The van der Waals surface area contributed by atoms with Crippen LogP contribution in [0.3, 0.4) is 0 Å². The van der Waals surface area contributed by atoms with Crippen LogP contribution in [0.5, 0.6) is 11.5 Å². The number of aromatic nitrogens is 1. The van der Waals surface area contributed by atoms with Crippen LogP contribution in [-0.2, 0) is 6.54 Å². The maximum absolute atomic E-state index is 11.0. The lowest BCUT2D eigenvalue weighted by Gasteiger charge is -2.14. The van der Waals surface area contributed by atoms with Crippen LogP contribution in [0.1, 0.15) is 34.8 Å². The summed E-state index contributed by atoms with van der Waals surface area (Å²) in [5.41, 5.74) is 1.51. The molecule has 1 heterocycles. The van der Waals surface area contributed by atoms with Crippen LogP contribution in [-0.4, -0.2) is 29.3 Å². The number of hydrogen-bond acceptors (Lipinski definition) is 6. The Morgan fingerprint density at radius 3 is 2.70 bits per heavy atom. The van der Waals surface area contributed by atoms with Crippen molar-refractivity contribution in [2.45, 2.75) is 33.4 Å². The van der Waals surface area contributed by atoms with Crippen molar-refractivity contribution in [2.24, 2.45) is 0 Å². The van der Waals surface area contributed by atoms with E-state index in [1.54, 1.807) is 14.0 Å². The number of ether oxygens (including phenoxy) is 2. The van der Waals surface area contributed by atoms with Crippen molar-refractivity contribution in [1.82, 2.24) is 4.98 Å². The topological polar surface area (TPSA) is 80.7 Å². The predicted molar refractivity (Wildman–Crippen MR) is 89.9 cm³/mol. The number of aromatic carboxylic acids is 1. The minimum absolute atomic E-state index is 0.0700. The second-order valence-corrected chi connectivity index (χ2v) is 6.24. The Morgan fingerprint density at radius 2 is 2.13 bits per heavy atom. The molecule has 124 valence electrons. The molecular weight excluding hydrogens is 316 g/mol. The number of carboxylic acids is 1. The Morgan fingerprint density at radius 1 is 1.39 bits per heavy atom. The number of benzene rings is 1. The van der Waals surface area contributed by atoms with Crippen LogP contribution in [0.15, 0.2) is 18.2 Å². The lowest BCUT2D eigenvalue weighted by Crippen LogP contribution is -2.07. The van der Waals surface area contributed by atoms with E-state index in [-0.39, 0.29) is 11.0 Å². The summed E-state index contributed by atoms with van der Waals surface area (Å²) in [4.78, 5) is 15.5. The van der Waals surface area contributed by atoms with Gasteiger partial charge in [0.05, 0.1) is 18.9 Å². The zero-order chi connectivity index (χ0) is 17.0. The fraction of sp³-hybridized carbons (Fsp3) is 0.375. The van der Waals surface area contributed by atoms with Gasteiger partial charge < -0.3 is 19.9 Å². The maximum Gasteiger partial charge on any atom is 0.347 e. The zero-order valence-electron chi connectivity index (χ0n) is 13.5. The fourth-order valence-corrected chi connectivity index (χ4v) is 2.82. The largest absolute Gasteiger partial charge is 0.493 e. The minimum Gasteiger partial charge on any atom is -0.493 e. The first-order valence-corrected chi connectivity index (χ1v) is 8.00. The monoisotopic (exact) mass is 336 g/mol. The molecule has 23 heavy (non-hydrogen) atoms. The quantitative estimate of drug-likeness (QED) is 0.805.